The van der Waals surface area contributed by atoms with Crippen LogP contribution in [0.3, 0.4) is 0 Å². The molecule has 1 amide bonds. The highest BCUT2D eigenvalue weighted by atomic mass is 79.9. The molecule has 3 rings (SSSR count). The molecule has 0 saturated carbocycles. The zero-order valence-corrected chi connectivity index (χ0v) is 13.5. The average molecular weight is 375 g/mol. The summed E-state index contributed by atoms with van der Waals surface area (Å²) in [6.45, 7) is 1.55. The Hall–Kier alpha value is -2.67. The Morgan fingerprint density at radius 3 is 2.70 bits per heavy atom. The molecule has 23 heavy (non-hydrogen) atoms. The van der Waals surface area contributed by atoms with Crippen molar-refractivity contribution in [2.45, 2.75) is 6.92 Å². The lowest BCUT2D eigenvalue weighted by Gasteiger charge is -2.08. The zero-order chi connectivity index (χ0) is 16.7. The van der Waals surface area contributed by atoms with Gasteiger partial charge in [0, 0.05) is 15.9 Å². The van der Waals surface area contributed by atoms with Crippen LogP contribution in [0.15, 0.2) is 44.0 Å². The number of nitrogens with zero attached hydrogens (tertiary/aromatic N) is 1. The molecule has 1 aromatic carbocycles. The Bertz CT molecular complexity index is 1010. The zero-order valence-electron chi connectivity index (χ0n) is 12.0. The van der Waals surface area contributed by atoms with Gasteiger partial charge in [-0.3, -0.25) is 4.79 Å². The highest BCUT2D eigenvalue weighted by Crippen LogP contribution is 2.30. The van der Waals surface area contributed by atoms with Crippen LogP contribution in [0.5, 0.6) is 5.75 Å². The highest BCUT2D eigenvalue weighted by Gasteiger charge is 2.18. The number of hydrogen-bond acceptors (Lipinski definition) is 5. The summed E-state index contributed by atoms with van der Waals surface area (Å²) in [5, 5.41) is 10.6. The van der Waals surface area contributed by atoms with E-state index in [-0.39, 0.29) is 28.3 Å². The lowest BCUT2D eigenvalue weighted by molar-refractivity contribution is 0.100. The third-order valence-electron chi connectivity index (χ3n) is 3.35. The lowest BCUT2D eigenvalue weighted by atomic mass is 10.0. The van der Waals surface area contributed by atoms with Crippen LogP contribution in [0.4, 0.5) is 0 Å². The number of carbonyl (C=O) groups is 1. The van der Waals surface area contributed by atoms with Crippen LogP contribution in [0.25, 0.3) is 22.2 Å². The number of fused-ring (bicyclic) bond motifs is 1. The first-order valence-electron chi connectivity index (χ1n) is 6.61. The number of rotatable bonds is 2. The first-order chi connectivity index (χ1) is 10.9. The average Bonchev–Trinajstić information content (AvgIpc) is 2.45. The molecule has 0 bridgehead atoms. The third-order valence-corrected chi connectivity index (χ3v) is 3.84. The number of carbonyl (C=O) groups excluding carboxylic acids is 1. The van der Waals surface area contributed by atoms with Gasteiger partial charge >= 0.3 is 5.63 Å². The molecule has 0 aliphatic carbocycles. The van der Waals surface area contributed by atoms with Gasteiger partial charge in [0.25, 0.3) is 0 Å². The van der Waals surface area contributed by atoms with E-state index >= 15 is 0 Å². The summed E-state index contributed by atoms with van der Waals surface area (Å²) >= 11 is 3.33. The van der Waals surface area contributed by atoms with Crippen LogP contribution in [-0.2, 0) is 0 Å². The van der Waals surface area contributed by atoms with Crippen LogP contribution in [0.1, 0.15) is 16.1 Å². The summed E-state index contributed by atoms with van der Waals surface area (Å²) in [6.07, 6.45) is 0. The van der Waals surface area contributed by atoms with Gasteiger partial charge in [-0.05, 0) is 31.2 Å². The van der Waals surface area contributed by atoms with E-state index in [1.165, 1.54) is 12.1 Å². The largest absolute Gasteiger partial charge is 0.507 e. The molecule has 0 spiro atoms. The van der Waals surface area contributed by atoms with E-state index in [1.54, 1.807) is 25.1 Å². The predicted octanol–water partition coefficient (Wildman–Crippen LogP) is 2.73. The summed E-state index contributed by atoms with van der Waals surface area (Å²) in [5.74, 6) is -0.651. The second-order valence-electron chi connectivity index (χ2n) is 4.99. The number of amides is 1. The van der Waals surface area contributed by atoms with Crippen molar-refractivity contribution in [2.24, 2.45) is 5.73 Å². The minimum absolute atomic E-state index is 0.108. The fourth-order valence-electron chi connectivity index (χ4n) is 2.36. The molecule has 6 nitrogen and oxygen atoms in total. The monoisotopic (exact) mass is 374 g/mol. The molecule has 0 aliphatic rings. The maximum Gasteiger partial charge on any atom is 0.349 e. The molecular formula is C16H11BrN2O4. The minimum atomic E-state index is -0.734. The summed E-state index contributed by atoms with van der Waals surface area (Å²) in [5.41, 5.74) is 5.38. The second-order valence-corrected chi connectivity index (χ2v) is 5.90. The Balaban J connectivity index is 2.38. The van der Waals surface area contributed by atoms with Crippen molar-refractivity contribution in [3.63, 3.8) is 0 Å². The fourth-order valence-corrected chi connectivity index (χ4v) is 2.72. The number of halogens is 1. The van der Waals surface area contributed by atoms with Crippen molar-refractivity contribution in [1.29, 1.82) is 0 Å². The number of aryl methyl sites for hydroxylation is 1. The van der Waals surface area contributed by atoms with Gasteiger partial charge in [0.2, 0.25) is 5.91 Å². The predicted molar refractivity (Wildman–Crippen MR) is 88.3 cm³/mol. The summed E-state index contributed by atoms with van der Waals surface area (Å²) in [7, 11) is 0. The number of primary amides is 1. The number of aromatic hydroxyl groups is 1. The summed E-state index contributed by atoms with van der Waals surface area (Å²) in [6, 6.07) is 7.83. The summed E-state index contributed by atoms with van der Waals surface area (Å²) in [4.78, 5) is 28.1. The molecule has 0 atom stereocenters. The van der Waals surface area contributed by atoms with Gasteiger partial charge in [-0.15, -0.1) is 0 Å². The van der Waals surface area contributed by atoms with Crippen molar-refractivity contribution >= 4 is 32.7 Å². The van der Waals surface area contributed by atoms with Gasteiger partial charge in [0.1, 0.15) is 17.1 Å². The number of pyridine rings is 1. The molecule has 116 valence electrons. The lowest BCUT2D eigenvalue weighted by Crippen LogP contribution is -2.13. The van der Waals surface area contributed by atoms with Crippen LogP contribution in [0.2, 0.25) is 0 Å². The number of aromatic nitrogens is 1. The van der Waals surface area contributed by atoms with E-state index < -0.39 is 11.5 Å². The molecule has 0 aliphatic heterocycles. The standard InChI is InChI=1S/C16H11BrN2O4/c1-7-4-13(20)14(16(22)23-7)12-6-10(15(18)21)9-5-8(17)2-3-11(9)19-12/h2-6,20H,1H3,(H2,18,21). The van der Waals surface area contributed by atoms with Crippen LogP contribution in [0, 0.1) is 6.92 Å². The van der Waals surface area contributed by atoms with Crippen molar-refractivity contribution in [3.8, 4) is 17.0 Å². The molecule has 2 aromatic heterocycles. The van der Waals surface area contributed by atoms with E-state index in [0.29, 0.717) is 10.9 Å². The molecule has 0 radical (unpaired) electrons. The molecule has 0 fully saturated rings. The van der Waals surface area contributed by atoms with Gasteiger partial charge in [-0.25, -0.2) is 9.78 Å². The van der Waals surface area contributed by atoms with Gasteiger partial charge in [-0.2, -0.15) is 0 Å². The van der Waals surface area contributed by atoms with Crippen molar-refractivity contribution in [1.82, 2.24) is 4.98 Å². The van der Waals surface area contributed by atoms with Crippen LogP contribution >= 0.6 is 15.9 Å². The Morgan fingerprint density at radius 2 is 2.04 bits per heavy atom. The fraction of sp³-hybridized carbons (Fsp3) is 0.0625. The number of nitrogens with two attached hydrogens (primary N) is 1. The van der Waals surface area contributed by atoms with Crippen LogP contribution in [-0.4, -0.2) is 16.0 Å². The van der Waals surface area contributed by atoms with Crippen molar-refractivity contribution in [3.05, 3.63) is 56.5 Å². The quantitative estimate of drug-likeness (QED) is 0.716. The topological polar surface area (TPSA) is 106 Å². The first kappa shape index (κ1) is 15.2. The molecule has 3 N–H and O–H groups in total. The first-order valence-corrected chi connectivity index (χ1v) is 7.40. The smallest absolute Gasteiger partial charge is 0.349 e. The maximum atomic E-state index is 12.0. The number of benzene rings is 1. The van der Waals surface area contributed by atoms with Gasteiger partial charge in [0.05, 0.1) is 16.8 Å². The highest BCUT2D eigenvalue weighted by molar-refractivity contribution is 9.10. The Morgan fingerprint density at radius 1 is 1.30 bits per heavy atom. The Kier molecular flexibility index (Phi) is 3.65. The molecule has 0 unspecified atom stereocenters. The van der Waals surface area contributed by atoms with Gasteiger partial charge in [0.15, 0.2) is 0 Å². The molecule has 0 saturated heterocycles. The molecule has 7 heteroatoms. The Labute approximate surface area is 138 Å². The molecule has 2 heterocycles. The van der Waals surface area contributed by atoms with E-state index in [1.807, 2.05) is 0 Å². The van der Waals surface area contributed by atoms with Crippen LogP contribution < -0.4 is 11.4 Å². The van der Waals surface area contributed by atoms with E-state index in [0.717, 1.165) is 4.47 Å². The third kappa shape index (κ3) is 2.70. The summed E-state index contributed by atoms with van der Waals surface area (Å²) < 4.78 is 5.76. The minimum Gasteiger partial charge on any atom is -0.507 e. The molecule has 3 aromatic rings. The van der Waals surface area contributed by atoms with Crippen molar-refractivity contribution < 1.29 is 14.3 Å². The maximum absolute atomic E-state index is 12.0. The second kappa shape index (κ2) is 5.51. The normalized spacial score (nSPS) is 10.9. The van der Waals surface area contributed by atoms with Gasteiger partial charge < -0.3 is 15.3 Å². The van der Waals surface area contributed by atoms with Gasteiger partial charge in [-0.1, -0.05) is 15.9 Å². The number of hydrogen-bond donors (Lipinski definition) is 2. The van der Waals surface area contributed by atoms with E-state index in [4.69, 9.17) is 10.2 Å². The van der Waals surface area contributed by atoms with E-state index in [2.05, 4.69) is 20.9 Å². The molecular weight excluding hydrogens is 364 g/mol. The van der Waals surface area contributed by atoms with Crippen molar-refractivity contribution in [2.75, 3.05) is 0 Å². The van der Waals surface area contributed by atoms with E-state index in [9.17, 15) is 14.7 Å². The SMILES string of the molecule is Cc1cc(O)c(-c2cc(C(N)=O)c3cc(Br)ccc3n2)c(=O)o1.